The Balaban J connectivity index is 1.75. The van der Waals surface area contributed by atoms with E-state index in [2.05, 4.69) is 19.6 Å². The van der Waals surface area contributed by atoms with E-state index in [0.717, 1.165) is 22.8 Å². The van der Waals surface area contributed by atoms with E-state index in [1.54, 1.807) is 0 Å². The molecule has 0 amide bonds. The topological polar surface area (TPSA) is 86.7 Å². The van der Waals surface area contributed by atoms with Crippen LogP contribution in [0.5, 0.6) is 0 Å². The van der Waals surface area contributed by atoms with Crippen molar-refractivity contribution >= 4 is 21.7 Å². The third-order valence-electron chi connectivity index (χ3n) is 3.61. The summed E-state index contributed by atoms with van der Waals surface area (Å²) < 4.78 is 11.8. The first-order valence-corrected chi connectivity index (χ1v) is 8.25. The maximum absolute atomic E-state index is 12.7. The van der Waals surface area contributed by atoms with Gasteiger partial charge in [-0.2, -0.15) is 4.37 Å². The number of benzene rings is 1. The van der Waals surface area contributed by atoms with E-state index in [4.69, 9.17) is 4.42 Å². The zero-order valence-corrected chi connectivity index (χ0v) is 13.7. The minimum atomic E-state index is -0.157. The highest BCUT2D eigenvalue weighted by molar-refractivity contribution is 7.13. The van der Waals surface area contributed by atoms with E-state index < -0.39 is 0 Å². The lowest BCUT2D eigenvalue weighted by atomic mass is 10.1. The van der Waals surface area contributed by atoms with Gasteiger partial charge in [0.1, 0.15) is 22.5 Å². The molecule has 0 fully saturated rings. The summed E-state index contributed by atoms with van der Waals surface area (Å²) in [5.41, 5.74) is 2.13. The molecule has 4 aromatic rings. The lowest BCUT2D eigenvalue weighted by Crippen LogP contribution is -2.20. The molecule has 0 aliphatic heterocycles. The minimum Gasteiger partial charge on any atom is -0.423 e. The number of hydrogen-bond acceptors (Lipinski definition) is 7. The average Bonchev–Trinajstić information content (AvgIpc) is 3.25. The molecule has 120 valence electrons. The van der Waals surface area contributed by atoms with Crippen LogP contribution < -0.4 is 5.56 Å². The highest BCUT2D eigenvalue weighted by Crippen LogP contribution is 2.26. The third kappa shape index (κ3) is 2.50. The highest BCUT2D eigenvalue weighted by Gasteiger charge is 2.15. The van der Waals surface area contributed by atoms with E-state index in [0.29, 0.717) is 28.4 Å². The fraction of sp³-hybridized carbons (Fsp3) is 0.188. The summed E-state index contributed by atoms with van der Waals surface area (Å²) in [4.78, 5) is 17.1. The van der Waals surface area contributed by atoms with Crippen molar-refractivity contribution in [3.63, 3.8) is 0 Å². The number of aromatic nitrogens is 5. The predicted octanol–water partition coefficient (Wildman–Crippen LogP) is 2.51. The van der Waals surface area contributed by atoms with Gasteiger partial charge >= 0.3 is 0 Å². The molecule has 0 spiro atoms. The molecule has 0 saturated heterocycles. The van der Waals surface area contributed by atoms with Crippen molar-refractivity contribution in [1.29, 1.82) is 0 Å². The SMILES string of the molecule is CCc1nnc(Cn2cnc3c(-c4ccccc4)nsc3c2=O)o1. The second-order valence-electron chi connectivity index (χ2n) is 5.20. The molecule has 7 nitrogen and oxygen atoms in total. The van der Waals surface area contributed by atoms with Crippen molar-refractivity contribution < 1.29 is 4.42 Å². The van der Waals surface area contributed by atoms with Crippen LogP contribution in [0, 0.1) is 0 Å². The Labute approximate surface area is 140 Å². The summed E-state index contributed by atoms with van der Waals surface area (Å²) in [5, 5.41) is 7.84. The Hall–Kier alpha value is -2.87. The van der Waals surface area contributed by atoms with Crippen LogP contribution in [-0.2, 0) is 13.0 Å². The molecule has 0 aliphatic rings. The molecule has 0 saturated carbocycles. The summed E-state index contributed by atoms with van der Waals surface area (Å²) in [7, 11) is 0. The zero-order chi connectivity index (χ0) is 16.5. The molecule has 24 heavy (non-hydrogen) atoms. The molecular formula is C16H13N5O2S. The summed E-state index contributed by atoms with van der Waals surface area (Å²) in [6, 6.07) is 9.71. The maximum Gasteiger partial charge on any atom is 0.273 e. The van der Waals surface area contributed by atoms with E-state index >= 15 is 0 Å². The fourth-order valence-corrected chi connectivity index (χ4v) is 3.20. The van der Waals surface area contributed by atoms with Gasteiger partial charge in [0, 0.05) is 12.0 Å². The van der Waals surface area contributed by atoms with Gasteiger partial charge < -0.3 is 4.42 Å². The summed E-state index contributed by atoms with van der Waals surface area (Å²) in [6.07, 6.45) is 2.16. The standard InChI is InChI=1S/C16H13N5O2S/c1-2-11-18-19-12(23-11)8-21-9-17-14-13(10-6-4-3-5-7-10)20-24-15(14)16(21)22/h3-7,9H,2,8H2,1H3. The van der Waals surface area contributed by atoms with Crippen LogP contribution in [0.1, 0.15) is 18.7 Å². The van der Waals surface area contributed by atoms with E-state index in [1.165, 1.54) is 10.9 Å². The number of hydrogen-bond donors (Lipinski definition) is 0. The fourth-order valence-electron chi connectivity index (χ4n) is 2.39. The van der Waals surface area contributed by atoms with Gasteiger partial charge in [-0.05, 0) is 11.5 Å². The quantitative estimate of drug-likeness (QED) is 0.568. The van der Waals surface area contributed by atoms with E-state index in [-0.39, 0.29) is 12.1 Å². The smallest absolute Gasteiger partial charge is 0.273 e. The van der Waals surface area contributed by atoms with E-state index in [1.807, 2.05) is 37.3 Å². The van der Waals surface area contributed by atoms with Crippen molar-refractivity contribution in [2.24, 2.45) is 0 Å². The third-order valence-corrected chi connectivity index (χ3v) is 4.44. The van der Waals surface area contributed by atoms with Crippen molar-refractivity contribution in [1.82, 2.24) is 24.1 Å². The number of nitrogens with zero attached hydrogens (tertiary/aromatic N) is 5. The number of fused-ring (bicyclic) bond motifs is 1. The van der Waals surface area contributed by atoms with Crippen LogP contribution in [0.15, 0.2) is 45.9 Å². The Morgan fingerprint density at radius 3 is 2.71 bits per heavy atom. The second-order valence-corrected chi connectivity index (χ2v) is 5.97. The molecular weight excluding hydrogens is 326 g/mol. The van der Waals surface area contributed by atoms with Crippen LogP contribution in [0.3, 0.4) is 0 Å². The molecule has 0 radical (unpaired) electrons. The monoisotopic (exact) mass is 339 g/mol. The summed E-state index contributed by atoms with van der Waals surface area (Å²) in [5.74, 6) is 0.944. The number of rotatable bonds is 4. The van der Waals surface area contributed by atoms with Gasteiger partial charge in [-0.1, -0.05) is 37.3 Å². The first kappa shape index (κ1) is 14.7. The molecule has 3 aromatic heterocycles. The molecule has 8 heteroatoms. The van der Waals surface area contributed by atoms with Crippen molar-refractivity contribution in [2.75, 3.05) is 0 Å². The first-order chi connectivity index (χ1) is 11.8. The van der Waals surface area contributed by atoms with Crippen LogP contribution in [0.4, 0.5) is 0 Å². The van der Waals surface area contributed by atoms with Crippen LogP contribution >= 0.6 is 11.5 Å². The van der Waals surface area contributed by atoms with Gasteiger partial charge in [0.05, 0.1) is 6.33 Å². The Kier molecular flexibility index (Phi) is 3.66. The first-order valence-electron chi connectivity index (χ1n) is 7.47. The van der Waals surface area contributed by atoms with Crippen LogP contribution in [0.25, 0.3) is 21.5 Å². The van der Waals surface area contributed by atoms with Gasteiger partial charge in [0.25, 0.3) is 5.56 Å². The van der Waals surface area contributed by atoms with Crippen LogP contribution in [-0.4, -0.2) is 24.1 Å². The van der Waals surface area contributed by atoms with Crippen molar-refractivity contribution in [3.05, 3.63) is 58.8 Å². The molecule has 4 rings (SSSR count). The molecule has 0 N–H and O–H groups in total. The highest BCUT2D eigenvalue weighted by atomic mass is 32.1. The summed E-state index contributed by atoms with van der Waals surface area (Å²) >= 11 is 1.16. The van der Waals surface area contributed by atoms with Gasteiger partial charge in [-0.25, -0.2) is 4.98 Å². The van der Waals surface area contributed by atoms with Gasteiger partial charge in [0.15, 0.2) is 0 Å². The normalized spacial score (nSPS) is 11.2. The van der Waals surface area contributed by atoms with Gasteiger partial charge in [-0.3, -0.25) is 9.36 Å². The molecule has 0 atom stereocenters. The van der Waals surface area contributed by atoms with E-state index in [9.17, 15) is 4.79 Å². The molecule has 3 heterocycles. The number of aryl methyl sites for hydroxylation is 1. The van der Waals surface area contributed by atoms with Gasteiger partial charge in [0.2, 0.25) is 11.8 Å². The lowest BCUT2D eigenvalue weighted by Gasteiger charge is -2.02. The lowest BCUT2D eigenvalue weighted by molar-refractivity contribution is 0.439. The Morgan fingerprint density at radius 2 is 1.96 bits per heavy atom. The molecule has 0 aliphatic carbocycles. The predicted molar refractivity (Wildman–Crippen MR) is 89.9 cm³/mol. The Morgan fingerprint density at radius 1 is 1.17 bits per heavy atom. The second kappa shape index (κ2) is 5.97. The summed E-state index contributed by atoms with van der Waals surface area (Å²) in [6.45, 7) is 2.13. The minimum absolute atomic E-state index is 0.157. The average molecular weight is 339 g/mol. The zero-order valence-electron chi connectivity index (χ0n) is 12.8. The molecule has 0 bridgehead atoms. The van der Waals surface area contributed by atoms with Gasteiger partial charge in [-0.15, -0.1) is 10.2 Å². The Bertz CT molecular complexity index is 1050. The van der Waals surface area contributed by atoms with Crippen molar-refractivity contribution in [3.8, 4) is 11.3 Å². The molecule has 0 unspecified atom stereocenters. The largest absolute Gasteiger partial charge is 0.423 e. The van der Waals surface area contributed by atoms with Crippen molar-refractivity contribution in [2.45, 2.75) is 19.9 Å². The molecule has 1 aromatic carbocycles. The maximum atomic E-state index is 12.7. The van der Waals surface area contributed by atoms with Crippen LogP contribution in [0.2, 0.25) is 0 Å².